The second-order valence-electron chi connectivity index (χ2n) is 6.42. The molecule has 2 aliphatic rings. The summed E-state index contributed by atoms with van der Waals surface area (Å²) >= 11 is 0. The molecule has 2 fully saturated rings. The number of likely N-dealkylation sites (tertiary alicyclic amines) is 2. The first-order valence-corrected chi connectivity index (χ1v) is 8.50. The molecule has 0 amide bonds. The lowest BCUT2D eigenvalue weighted by Crippen LogP contribution is -2.50. The van der Waals surface area contributed by atoms with Gasteiger partial charge in [-0.15, -0.1) is 0 Å². The Morgan fingerprint density at radius 2 is 1.74 bits per heavy atom. The molecular weight excluding hydrogens is 234 g/mol. The van der Waals surface area contributed by atoms with Crippen molar-refractivity contribution >= 4 is 0 Å². The molecule has 0 radical (unpaired) electrons. The monoisotopic (exact) mass is 267 g/mol. The van der Waals surface area contributed by atoms with Crippen LogP contribution in [0.2, 0.25) is 0 Å². The second kappa shape index (κ2) is 8.23. The van der Waals surface area contributed by atoms with Crippen LogP contribution in [0.4, 0.5) is 0 Å². The Morgan fingerprint density at radius 1 is 1.05 bits per heavy atom. The lowest BCUT2D eigenvalue weighted by atomic mass is 9.99. The molecule has 0 aromatic heterocycles. The van der Waals surface area contributed by atoms with Gasteiger partial charge in [0.1, 0.15) is 0 Å². The highest BCUT2D eigenvalue weighted by Gasteiger charge is 2.27. The number of nitrogens with zero attached hydrogens (tertiary/aromatic N) is 2. The van der Waals surface area contributed by atoms with Gasteiger partial charge >= 0.3 is 0 Å². The van der Waals surface area contributed by atoms with Crippen molar-refractivity contribution in [2.24, 2.45) is 0 Å². The van der Waals surface area contributed by atoms with E-state index in [4.69, 9.17) is 0 Å². The third-order valence-corrected chi connectivity index (χ3v) is 4.90. The van der Waals surface area contributed by atoms with Crippen LogP contribution in [-0.2, 0) is 0 Å². The van der Waals surface area contributed by atoms with Crippen LogP contribution < -0.4 is 5.32 Å². The molecule has 0 spiro atoms. The molecule has 0 bridgehead atoms. The molecular formula is C16H33N3. The molecule has 1 unspecified atom stereocenters. The normalized spacial score (nSPS) is 25.6. The van der Waals surface area contributed by atoms with Crippen LogP contribution in [0.15, 0.2) is 0 Å². The lowest BCUT2D eigenvalue weighted by Gasteiger charge is -2.42. The molecule has 2 saturated heterocycles. The van der Waals surface area contributed by atoms with Crippen LogP contribution in [-0.4, -0.2) is 61.2 Å². The van der Waals surface area contributed by atoms with Crippen molar-refractivity contribution in [1.82, 2.24) is 15.1 Å². The average Bonchev–Trinajstić information content (AvgIpc) is 2.48. The summed E-state index contributed by atoms with van der Waals surface area (Å²) in [7, 11) is 0. The molecule has 2 heterocycles. The molecule has 0 aromatic carbocycles. The molecule has 19 heavy (non-hydrogen) atoms. The molecule has 2 rings (SSSR count). The van der Waals surface area contributed by atoms with Crippen molar-refractivity contribution in [2.75, 3.05) is 39.3 Å². The predicted molar refractivity (Wildman–Crippen MR) is 82.6 cm³/mol. The average molecular weight is 267 g/mol. The largest absolute Gasteiger partial charge is 0.315 e. The minimum absolute atomic E-state index is 0.703. The summed E-state index contributed by atoms with van der Waals surface area (Å²) in [6.07, 6.45) is 8.32. The van der Waals surface area contributed by atoms with Crippen molar-refractivity contribution in [3.8, 4) is 0 Å². The van der Waals surface area contributed by atoms with Crippen molar-refractivity contribution in [3.05, 3.63) is 0 Å². The number of nitrogens with one attached hydrogen (secondary N) is 1. The van der Waals surface area contributed by atoms with E-state index in [1.54, 1.807) is 0 Å². The Balaban J connectivity index is 1.66. The first kappa shape index (κ1) is 15.3. The summed E-state index contributed by atoms with van der Waals surface area (Å²) in [5.41, 5.74) is 0. The van der Waals surface area contributed by atoms with E-state index < -0.39 is 0 Å². The fraction of sp³-hybridized carbons (Fsp3) is 1.00. The first-order chi connectivity index (χ1) is 9.31. The molecule has 3 heteroatoms. The molecule has 1 atom stereocenters. The van der Waals surface area contributed by atoms with Gasteiger partial charge in [-0.2, -0.15) is 0 Å². The molecule has 0 aliphatic carbocycles. The van der Waals surface area contributed by atoms with Gasteiger partial charge < -0.3 is 10.2 Å². The Hall–Kier alpha value is -0.120. The molecule has 0 aromatic rings. The van der Waals surface area contributed by atoms with Crippen LogP contribution in [0.3, 0.4) is 0 Å². The number of hydrogen-bond donors (Lipinski definition) is 1. The third-order valence-electron chi connectivity index (χ3n) is 4.90. The topological polar surface area (TPSA) is 18.5 Å². The fourth-order valence-corrected chi connectivity index (χ4v) is 3.59. The summed E-state index contributed by atoms with van der Waals surface area (Å²) in [4.78, 5) is 5.45. The Bertz CT molecular complexity index is 230. The van der Waals surface area contributed by atoms with E-state index in [1.807, 2.05) is 0 Å². The minimum atomic E-state index is 0.703. The van der Waals surface area contributed by atoms with Gasteiger partial charge in [-0.1, -0.05) is 13.3 Å². The summed E-state index contributed by atoms with van der Waals surface area (Å²) < 4.78 is 0. The molecule has 1 N–H and O–H groups in total. The maximum atomic E-state index is 3.55. The molecule has 0 saturated carbocycles. The molecule has 3 nitrogen and oxygen atoms in total. The Labute approximate surface area is 119 Å². The number of hydrogen-bond acceptors (Lipinski definition) is 3. The second-order valence-corrected chi connectivity index (χ2v) is 6.42. The smallest absolute Gasteiger partial charge is 0.0192 e. The number of rotatable bonds is 6. The van der Waals surface area contributed by atoms with E-state index in [2.05, 4.69) is 29.0 Å². The van der Waals surface area contributed by atoms with E-state index >= 15 is 0 Å². The van der Waals surface area contributed by atoms with Gasteiger partial charge in [-0.05, 0) is 71.8 Å². The van der Waals surface area contributed by atoms with Crippen molar-refractivity contribution in [2.45, 2.75) is 64.5 Å². The van der Waals surface area contributed by atoms with Gasteiger partial charge in [0, 0.05) is 18.6 Å². The van der Waals surface area contributed by atoms with Gasteiger partial charge in [-0.25, -0.2) is 0 Å². The number of piperidine rings is 2. The summed E-state index contributed by atoms with van der Waals surface area (Å²) in [5.74, 6) is 0. The van der Waals surface area contributed by atoms with Crippen molar-refractivity contribution in [1.29, 1.82) is 0 Å². The van der Waals surface area contributed by atoms with Gasteiger partial charge in [0.25, 0.3) is 0 Å². The van der Waals surface area contributed by atoms with Gasteiger partial charge in [0.2, 0.25) is 0 Å². The van der Waals surface area contributed by atoms with Crippen LogP contribution >= 0.6 is 0 Å². The van der Waals surface area contributed by atoms with Crippen LogP contribution in [0.1, 0.15) is 52.4 Å². The summed E-state index contributed by atoms with van der Waals surface area (Å²) in [6.45, 7) is 12.3. The SMILES string of the molecule is CCCNCC(C)N1CCC(N2CCCCC2)CC1. The van der Waals surface area contributed by atoms with E-state index in [0.717, 1.165) is 19.1 Å². The zero-order valence-corrected chi connectivity index (χ0v) is 13.0. The Morgan fingerprint density at radius 3 is 2.37 bits per heavy atom. The fourth-order valence-electron chi connectivity index (χ4n) is 3.59. The highest BCUT2D eigenvalue weighted by molar-refractivity contribution is 4.83. The summed E-state index contributed by atoms with van der Waals surface area (Å²) in [6, 6.07) is 1.58. The summed E-state index contributed by atoms with van der Waals surface area (Å²) in [5, 5.41) is 3.55. The van der Waals surface area contributed by atoms with Crippen LogP contribution in [0, 0.1) is 0 Å². The predicted octanol–water partition coefficient (Wildman–Crippen LogP) is 2.32. The maximum Gasteiger partial charge on any atom is 0.0192 e. The van der Waals surface area contributed by atoms with Gasteiger partial charge in [0.15, 0.2) is 0 Å². The van der Waals surface area contributed by atoms with E-state index in [0.29, 0.717) is 6.04 Å². The van der Waals surface area contributed by atoms with Gasteiger partial charge in [-0.3, -0.25) is 4.90 Å². The van der Waals surface area contributed by atoms with Crippen LogP contribution in [0.5, 0.6) is 0 Å². The zero-order chi connectivity index (χ0) is 13.5. The van der Waals surface area contributed by atoms with E-state index in [9.17, 15) is 0 Å². The molecule has 2 aliphatic heterocycles. The highest BCUT2D eigenvalue weighted by atomic mass is 15.2. The van der Waals surface area contributed by atoms with Crippen molar-refractivity contribution in [3.63, 3.8) is 0 Å². The zero-order valence-electron chi connectivity index (χ0n) is 13.0. The van der Waals surface area contributed by atoms with Gasteiger partial charge in [0.05, 0.1) is 0 Å². The van der Waals surface area contributed by atoms with Crippen LogP contribution in [0.25, 0.3) is 0 Å². The van der Waals surface area contributed by atoms with E-state index in [1.165, 1.54) is 64.7 Å². The van der Waals surface area contributed by atoms with Crippen molar-refractivity contribution < 1.29 is 0 Å². The minimum Gasteiger partial charge on any atom is -0.315 e. The third kappa shape index (κ3) is 4.73. The quantitative estimate of drug-likeness (QED) is 0.745. The van der Waals surface area contributed by atoms with E-state index in [-0.39, 0.29) is 0 Å². The lowest BCUT2D eigenvalue weighted by molar-refractivity contribution is 0.0758. The highest BCUT2D eigenvalue weighted by Crippen LogP contribution is 2.21. The molecule has 112 valence electrons. The first-order valence-electron chi connectivity index (χ1n) is 8.50. The maximum absolute atomic E-state index is 3.55. The Kier molecular flexibility index (Phi) is 6.62. The standard InChI is InChI=1S/C16H33N3/c1-3-9-17-14-15(2)18-12-7-16(8-13-18)19-10-5-4-6-11-19/h15-17H,3-14H2,1-2H3.